The lowest BCUT2D eigenvalue weighted by Crippen LogP contribution is -2.40. The number of carbonyl (C=O) groups excluding carboxylic acids is 1. The molecule has 2 rings (SSSR count). The van der Waals surface area contributed by atoms with Crippen molar-refractivity contribution in [1.82, 2.24) is 14.9 Å². The molecule has 3 N–H and O–H groups in total. The van der Waals surface area contributed by atoms with E-state index in [-0.39, 0.29) is 11.9 Å². The molecule has 1 fully saturated rings. The van der Waals surface area contributed by atoms with E-state index in [4.69, 9.17) is 5.84 Å². The molecule has 6 heteroatoms. The second-order valence-electron chi connectivity index (χ2n) is 4.63. The minimum absolute atomic E-state index is 0.0588. The van der Waals surface area contributed by atoms with Crippen LogP contribution in [0.3, 0.4) is 0 Å². The maximum Gasteiger partial charge on any atom is 0.274 e. The number of aromatic nitrogens is 2. The molecule has 2 unspecified atom stereocenters. The number of hydrogen-bond acceptors (Lipinski definition) is 5. The fourth-order valence-electron chi connectivity index (χ4n) is 2.51. The molecule has 1 aromatic rings. The highest BCUT2D eigenvalue weighted by Gasteiger charge is 2.34. The summed E-state index contributed by atoms with van der Waals surface area (Å²) in [5.41, 5.74) is 2.75. The molecule has 0 saturated carbocycles. The summed E-state index contributed by atoms with van der Waals surface area (Å²) in [5, 5.41) is 0. The molecule has 98 valence electrons. The highest BCUT2D eigenvalue weighted by Crippen LogP contribution is 2.27. The smallest absolute Gasteiger partial charge is 0.274 e. The Morgan fingerprint density at radius 2 is 2.33 bits per heavy atom. The molecular formula is C12H19N5O. The summed E-state index contributed by atoms with van der Waals surface area (Å²) in [6, 6.07) is 0.572. The Kier molecular flexibility index (Phi) is 3.76. The third kappa shape index (κ3) is 2.28. The highest BCUT2D eigenvalue weighted by atomic mass is 16.2. The van der Waals surface area contributed by atoms with Crippen molar-refractivity contribution < 1.29 is 4.79 Å². The average molecular weight is 249 g/mol. The molecule has 2 atom stereocenters. The zero-order valence-corrected chi connectivity index (χ0v) is 10.8. The third-order valence-corrected chi connectivity index (χ3v) is 3.49. The number of rotatable bonds is 3. The molecule has 1 aromatic heterocycles. The summed E-state index contributed by atoms with van der Waals surface area (Å²) in [4.78, 5) is 22.5. The van der Waals surface area contributed by atoms with E-state index in [1.54, 1.807) is 0 Å². The Morgan fingerprint density at radius 1 is 1.56 bits per heavy atom. The summed E-state index contributed by atoms with van der Waals surface area (Å²) >= 11 is 0. The van der Waals surface area contributed by atoms with Crippen LogP contribution in [0.15, 0.2) is 12.4 Å². The second kappa shape index (κ2) is 5.30. The highest BCUT2D eigenvalue weighted by molar-refractivity contribution is 5.93. The molecule has 0 radical (unpaired) electrons. The van der Waals surface area contributed by atoms with Crippen molar-refractivity contribution in [3.05, 3.63) is 18.1 Å². The molecule has 0 spiro atoms. The van der Waals surface area contributed by atoms with Crippen LogP contribution in [0.25, 0.3) is 0 Å². The van der Waals surface area contributed by atoms with Crippen LogP contribution >= 0.6 is 0 Å². The molecule has 1 aliphatic rings. The maximum atomic E-state index is 12.4. The monoisotopic (exact) mass is 249 g/mol. The lowest BCUT2D eigenvalue weighted by Gasteiger charge is -2.27. The SMILES string of the molecule is CCC1CCC(C)N1C(=O)c1cncc(NN)n1. The van der Waals surface area contributed by atoms with Gasteiger partial charge < -0.3 is 10.3 Å². The molecule has 2 heterocycles. The number of likely N-dealkylation sites (tertiary alicyclic amines) is 1. The van der Waals surface area contributed by atoms with Crippen molar-refractivity contribution in [3.8, 4) is 0 Å². The fraction of sp³-hybridized carbons (Fsp3) is 0.583. The van der Waals surface area contributed by atoms with Crippen LogP contribution in [0.1, 0.15) is 43.6 Å². The van der Waals surface area contributed by atoms with Gasteiger partial charge in [-0.3, -0.25) is 9.78 Å². The quantitative estimate of drug-likeness (QED) is 0.620. The number of amides is 1. The summed E-state index contributed by atoms with van der Waals surface area (Å²) in [5.74, 6) is 5.62. The minimum atomic E-state index is -0.0588. The molecular weight excluding hydrogens is 230 g/mol. The number of hydrogen-bond donors (Lipinski definition) is 2. The van der Waals surface area contributed by atoms with Gasteiger partial charge in [0.05, 0.1) is 12.4 Å². The molecule has 0 aromatic carbocycles. The van der Waals surface area contributed by atoms with Gasteiger partial charge in [-0.1, -0.05) is 6.92 Å². The number of nitrogens with one attached hydrogen (secondary N) is 1. The predicted octanol–water partition coefficient (Wildman–Crippen LogP) is 1.17. The summed E-state index contributed by atoms with van der Waals surface area (Å²) in [6.45, 7) is 4.18. The zero-order valence-electron chi connectivity index (χ0n) is 10.8. The molecule has 1 aliphatic heterocycles. The van der Waals surface area contributed by atoms with E-state index in [2.05, 4.69) is 29.2 Å². The van der Waals surface area contributed by atoms with Crippen LogP contribution in [-0.4, -0.2) is 32.9 Å². The number of anilines is 1. The third-order valence-electron chi connectivity index (χ3n) is 3.49. The summed E-state index contributed by atoms with van der Waals surface area (Å²) in [7, 11) is 0. The van der Waals surface area contributed by atoms with Gasteiger partial charge in [-0.25, -0.2) is 10.8 Å². The van der Waals surface area contributed by atoms with Gasteiger partial charge in [0, 0.05) is 12.1 Å². The van der Waals surface area contributed by atoms with Gasteiger partial charge >= 0.3 is 0 Å². The topological polar surface area (TPSA) is 84.1 Å². The predicted molar refractivity (Wildman–Crippen MR) is 68.8 cm³/mol. The molecule has 1 saturated heterocycles. The van der Waals surface area contributed by atoms with Gasteiger partial charge in [0.1, 0.15) is 5.69 Å². The average Bonchev–Trinajstić information content (AvgIpc) is 2.79. The minimum Gasteiger partial charge on any atom is -0.332 e. The summed E-state index contributed by atoms with van der Waals surface area (Å²) in [6.07, 6.45) is 6.05. The Balaban J connectivity index is 2.24. The standard InChI is InChI=1S/C12H19N5O/c1-3-9-5-4-8(2)17(9)12(18)10-6-14-7-11(15-10)16-13/h6-9H,3-5,13H2,1-2H3,(H,15,16). The van der Waals surface area contributed by atoms with Crippen molar-refractivity contribution >= 4 is 11.7 Å². The first kappa shape index (κ1) is 12.8. The van der Waals surface area contributed by atoms with Crippen molar-refractivity contribution in [1.29, 1.82) is 0 Å². The molecule has 1 amide bonds. The number of carbonyl (C=O) groups is 1. The van der Waals surface area contributed by atoms with Crippen LogP contribution < -0.4 is 11.3 Å². The number of nitrogen functional groups attached to an aromatic ring is 1. The van der Waals surface area contributed by atoms with E-state index < -0.39 is 0 Å². The van der Waals surface area contributed by atoms with Gasteiger partial charge in [-0.15, -0.1) is 0 Å². The Hall–Kier alpha value is -1.69. The molecule has 6 nitrogen and oxygen atoms in total. The van der Waals surface area contributed by atoms with E-state index >= 15 is 0 Å². The largest absolute Gasteiger partial charge is 0.332 e. The van der Waals surface area contributed by atoms with Gasteiger partial charge in [-0.05, 0) is 26.2 Å². The van der Waals surface area contributed by atoms with Crippen LogP contribution in [0.2, 0.25) is 0 Å². The van der Waals surface area contributed by atoms with E-state index in [1.165, 1.54) is 12.4 Å². The van der Waals surface area contributed by atoms with E-state index in [0.717, 1.165) is 19.3 Å². The molecule has 18 heavy (non-hydrogen) atoms. The Bertz CT molecular complexity index is 436. The van der Waals surface area contributed by atoms with E-state index in [1.807, 2.05) is 4.90 Å². The first-order valence-electron chi connectivity index (χ1n) is 6.28. The van der Waals surface area contributed by atoms with E-state index in [0.29, 0.717) is 17.6 Å². The number of nitrogens with zero attached hydrogens (tertiary/aromatic N) is 3. The Labute approximate surface area is 107 Å². The fourth-order valence-corrected chi connectivity index (χ4v) is 2.51. The maximum absolute atomic E-state index is 12.4. The zero-order chi connectivity index (χ0) is 13.1. The van der Waals surface area contributed by atoms with Crippen LogP contribution in [0, 0.1) is 0 Å². The lowest BCUT2D eigenvalue weighted by atomic mass is 10.1. The van der Waals surface area contributed by atoms with Crippen molar-refractivity contribution in [2.45, 2.75) is 45.2 Å². The van der Waals surface area contributed by atoms with Crippen molar-refractivity contribution in [3.63, 3.8) is 0 Å². The molecule has 0 aliphatic carbocycles. The first-order chi connectivity index (χ1) is 8.67. The van der Waals surface area contributed by atoms with E-state index in [9.17, 15) is 4.79 Å². The van der Waals surface area contributed by atoms with Crippen molar-refractivity contribution in [2.24, 2.45) is 5.84 Å². The normalized spacial score (nSPS) is 23.2. The number of nitrogens with two attached hydrogens (primary N) is 1. The van der Waals surface area contributed by atoms with Crippen molar-refractivity contribution in [2.75, 3.05) is 5.43 Å². The number of hydrazine groups is 1. The first-order valence-corrected chi connectivity index (χ1v) is 6.28. The van der Waals surface area contributed by atoms with Crippen LogP contribution in [0.4, 0.5) is 5.82 Å². The second-order valence-corrected chi connectivity index (χ2v) is 4.63. The molecule has 0 bridgehead atoms. The van der Waals surface area contributed by atoms with Crippen LogP contribution in [0.5, 0.6) is 0 Å². The Morgan fingerprint density at radius 3 is 3.00 bits per heavy atom. The van der Waals surface area contributed by atoms with Gasteiger partial charge in [0.2, 0.25) is 0 Å². The summed E-state index contributed by atoms with van der Waals surface area (Å²) < 4.78 is 0. The van der Waals surface area contributed by atoms with Gasteiger partial charge in [0.15, 0.2) is 5.82 Å². The van der Waals surface area contributed by atoms with Gasteiger partial charge in [0.25, 0.3) is 5.91 Å². The van der Waals surface area contributed by atoms with Crippen LogP contribution in [-0.2, 0) is 0 Å². The van der Waals surface area contributed by atoms with Gasteiger partial charge in [-0.2, -0.15) is 0 Å². The lowest BCUT2D eigenvalue weighted by molar-refractivity contribution is 0.0670.